The lowest BCUT2D eigenvalue weighted by atomic mass is 9.96. The standard InChI is InChI=1S/C14H18BrNO2/c15-12-1-3-13(4-2-12)16-7-5-11(6-8-16)14-17-9-10-18-14/h1-4,11,14H,5-10H2. The van der Waals surface area contributed by atoms with E-state index in [0.717, 1.165) is 43.6 Å². The smallest absolute Gasteiger partial charge is 0.160 e. The monoisotopic (exact) mass is 311 g/mol. The predicted octanol–water partition coefficient (Wildman–Crippen LogP) is 3.04. The van der Waals surface area contributed by atoms with Crippen LogP contribution in [0.1, 0.15) is 12.8 Å². The quantitative estimate of drug-likeness (QED) is 0.838. The topological polar surface area (TPSA) is 21.7 Å². The fourth-order valence-corrected chi connectivity index (χ4v) is 2.99. The normalized spacial score (nSPS) is 22.6. The van der Waals surface area contributed by atoms with Gasteiger partial charge in [-0.3, -0.25) is 0 Å². The van der Waals surface area contributed by atoms with Gasteiger partial charge in [-0.25, -0.2) is 0 Å². The molecule has 1 aromatic rings. The van der Waals surface area contributed by atoms with Gasteiger partial charge in [-0.2, -0.15) is 0 Å². The Morgan fingerprint density at radius 2 is 1.61 bits per heavy atom. The van der Waals surface area contributed by atoms with Gasteiger partial charge in [0.1, 0.15) is 0 Å². The molecule has 2 saturated heterocycles. The molecule has 0 amide bonds. The first-order valence-corrected chi connectivity index (χ1v) is 7.36. The highest BCUT2D eigenvalue weighted by molar-refractivity contribution is 9.10. The van der Waals surface area contributed by atoms with E-state index >= 15 is 0 Å². The van der Waals surface area contributed by atoms with Crippen LogP contribution in [0.5, 0.6) is 0 Å². The molecule has 3 nitrogen and oxygen atoms in total. The summed E-state index contributed by atoms with van der Waals surface area (Å²) in [7, 11) is 0. The minimum Gasteiger partial charge on any atom is -0.372 e. The van der Waals surface area contributed by atoms with E-state index in [-0.39, 0.29) is 6.29 Å². The third-order valence-electron chi connectivity index (χ3n) is 3.76. The van der Waals surface area contributed by atoms with Crippen LogP contribution < -0.4 is 4.90 Å². The van der Waals surface area contributed by atoms with Crippen molar-refractivity contribution >= 4 is 21.6 Å². The molecule has 0 unspecified atom stereocenters. The number of halogens is 1. The molecule has 98 valence electrons. The number of anilines is 1. The number of hydrogen-bond acceptors (Lipinski definition) is 3. The third kappa shape index (κ3) is 2.71. The van der Waals surface area contributed by atoms with Crippen molar-refractivity contribution in [3.63, 3.8) is 0 Å². The molecule has 0 spiro atoms. The van der Waals surface area contributed by atoms with Crippen molar-refractivity contribution < 1.29 is 9.47 Å². The molecular formula is C14H18BrNO2. The van der Waals surface area contributed by atoms with Gasteiger partial charge >= 0.3 is 0 Å². The van der Waals surface area contributed by atoms with Crippen molar-refractivity contribution in [3.8, 4) is 0 Å². The number of ether oxygens (including phenoxy) is 2. The largest absolute Gasteiger partial charge is 0.372 e. The zero-order valence-electron chi connectivity index (χ0n) is 10.3. The fraction of sp³-hybridized carbons (Fsp3) is 0.571. The van der Waals surface area contributed by atoms with Gasteiger partial charge in [0, 0.05) is 29.2 Å². The van der Waals surface area contributed by atoms with E-state index in [9.17, 15) is 0 Å². The predicted molar refractivity (Wildman–Crippen MR) is 74.8 cm³/mol. The molecule has 3 rings (SSSR count). The second kappa shape index (κ2) is 5.59. The van der Waals surface area contributed by atoms with Gasteiger partial charge in [0.05, 0.1) is 13.2 Å². The second-order valence-corrected chi connectivity index (χ2v) is 5.83. The van der Waals surface area contributed by atoms with Gasteiger partial charge in [0.2, 0.25) is 0 Å². The highest BCUT2D eigenvalue weighted by Crippen LogP contribution is 2.29. The summed E-state index contributed by atoms with van der Waals surface area (Å²) in [6, 6.07) is 8.55. The zero-order valence-corrected chi connectivity index (χ0v) is 11.9. The number of benzene rings is 1. The summed E-state index contributed by atoms with van der Waals surface area (Å²) in [6.45, 7) is 3.71. The van der Waals surface area contributed by atoms with Gasteiger partial charge in [-0.15, -0.1) is 0 Å². The van der Waals surface area contributed by atoms with E-state index in [4.69, 9.17) is 9.47 Å². The van der Waals surface area contributed by atoms with E-state index in [1.54, 1.807) is 0 Å². The van der Waals surface area contributed by atoms with Crippen LogP contribution in [0.25, 0.3) is 0 Å². The van der Waals surface area contributed by atoms with Crippen molar-refractivity contribution in [2.45, 2.75) is 19.1 Å². The summed E-state index contributed by atoms with van der Waals surface area (Å²) in [5.41, 5.74) is 1.31. The van der Waals surface area contributed by atoms with Crippen molar-refractivity contribution in [1.82, 2.24) is 0 Å². The zero-order chi connectivity index (χ0) is 12.4. The molecule has 0 saturated carbocycles. The molecule has 0 aromatic heterocycles. The molecule has 2 aliphatic heterocycles. The Balaban J connectivity index is 1.57. The van der Waals surface area contributed by atoms with Gasteiger partial charge in [-0.05, 0) is 37.1 Å². The Labute approximate surface area is 116 Å². The van der Waals surface area contributed by atoms with Gasteiger partial charge in [0.15, 0.2) is 6.29 Å². The van der Waals surface area contributed by atoms with Crippen LogP contribution in [0.4, 0.5) is 5.69 Å². The Hall–Kier alpha value is -0.580. The highest BCUT2D eigenvalue weighted by Gasteiger charge is 2.30. The lowest BCUT2D eigenvalue weighted by molar-refractivity contribution is -0.0889. The average molecular weight is 312 g/mol. The molecule has 4 heteroatoms. The molecule has 2 fully saturated rings. The van der Waals surface area contributed by atoms with Crippen molar-refractivity contribution in [2.24, 2.45) is 5.92 Å². The fourth-order valence-electron chi connectivity index (χ4n) is 2.73. The molecule has 2 aliphatic rings. The van der Waals surface area contributed by atoms with Crippen LogP contribution in [0.2, 0.25) is 0 Å². The molecule has 0 N–H and O–H groups in total. The van der Waals surface area contributed by atoms with E-state index in [1.165, 1.54) is 5.69 Å². The molecule has 0 bridgehead atoms. The maximum absolute atomic E-state index is 5.60. The van der Waals surface area contributed by atoms with Gasteiger partial charge < -0.3 is 14.4 Å². The van der Waals surface area contributed by atoms with Crippen LogP contribution in [-0.2, 0) is 9.47 Å². The van der Waals surface area contributed by atoms with Crippen LogP contribution in [0, 0.1) is 5.92 Å². The average Bonchev–Trinajstić information content (AvgIpc) is 2.94. The summed E-state index contributed by atoms with van der Waals surface area (Å²) in [4.78, 5) is 2.44. The summed E-state index contributed by atoms with van der Waals surface area (Å²) in [5.74, 6) is 0.569. The van der Waals surface area contributed by atoms with Crippen molar-refractivity contribution in [2.75, 3.05) is 31.2 Å². The van der Waals surface area contributed by atoms with Crippen molar-refractivity contribution in [3.05, 3.63) is 28.7 Å². The number of hydrogen-bond donors (Lipinski definition) is 0. The van der Waals surface area contributed by atoms with Gasteiger partial charge in [-0.1, -0.05) is 15.9 Å². The molecule has 18 heavy (non-hydrogen) atoms. The number of nitrogens with zero attached hydrogens (tertiary/aromatic N) is 1. The van der Waals surface area contributed by atoms with E-state index in [0.29, 0.717) is 5.92 Å². The number of piperidine rings is 1. The van der Waals surface area contributed by atoms with E-state index in [2.05, 4.69) is 45.1 Å². The summed E-state index contributed by atoms with van der Waals surface area (Å²) in [6.07, 6.45) is 2.36. The first-order chi connectivity index (χ1) is 8.83. The van der Waals surface area contributed by atoms with Crippen molar-refractivity contribution in [1.29, 1.82) is 0 Å². The molecule has 1 aromatic carbocycles. The molecule has 2 heterocycles. The minimum absolute atomic E-state index is 0.0528. The molecular weight excluding hydrogens is 294 g/mol. The first-order valence-electron chi connectivity index (χ1n) is 6.56. The number of rotatable bonds is 2. The summed E-state index contributed by atoms with van der Waals surface area (Å²) in [5, 5.41) is 0. The maximum Gasteiger partial charge on any atom is 0.160 e. The lowest BCUT2D eigenvalue weighted by Gasteiger charge is -2.35. The van der Waals surface area contributed by atoms with Crippen LogP contribution in [-0.4, -0.2) is 32.6 Å². The maximum atomic E-state index is 5.60. The summed E-state index contributed by atoms with van der Waals surface area (Å²) < 4.78 is 12.3. The van der Waals surface area contributed by atoms with Gasteiger partial charge in [0.25, 0.3) is 0 Å². The minimum atomic E-state index is 0.0528. The Morgan fingerprint density at radius 3 is 2.22 bits per heavy atom. The van der Waals surface area contributed by atoms with E-state index in [1.807, 2.05) is 0 Å². The Kier molecular flexibility index (Phi) is 3.87. The Bertz CT molecular complexity index is 381. The van der Waals surface area contributed by atoms with Crippen LogP contribution in [0.15, 0.2) is 28.7 Å². The van der Waals surface area contributed by atoms with Crippen LogP contribution in [0.3, 0.4) is 0 Å². The van der Waals surface area contributed by atoms with Crippen LogP contribution >= 0.6 is 15.9 Å². The third-order valence-corrected chi connectivity index (χ3v) is 4.29. The second-order valence-electron chi connectivity index (χ2n) is 4.91. The summed E-state index contributed by atoms with van der Waals surface area (Å²) >= 11 is 3.47. The highest BCUT2D eigenvalue weighted by atomic mass is 79.9. The van der Waals surface area contributed by atoms with E-state index < -0.39 is 0 Å². The molecule has 0 atom stereocenters. The molecule has 0 aliphatic carbocycles. The first kappa shape index (κ1) is 12.5. The lowest BCUT2D eigenvalue weighted by Crippen LogP contribution is -2.38. The Morgan fingerprint density at radius 1 is 1.00 bits per heavy atom. The SMILES string of the molecule is Brc1ccc(N2CCC(C3OCCO3)CC2)cc1. The molecule has 0 radical (unpaired) electrons.